The first kappa shape index (κ1) is 25.6. The molecule has 0 bridgehead atoms. The SMILES string of the molecule is C[C@]1(F)C=C([C@@](Cc2ccccc2)(Nc2nc3c(s2)CCCC3)c2ccc(F)cc2)C=C(C(F)(F)F)C1. The molecule has 2 atom stereocenters. The fraction of sp³-hybridized carbons (Fsp3) is 0.345. The van der Waals surface area contributed by atoms with Crippen LogP contribution < -0.4 is 5.32 Å². The molecule has 0 aliphatic heterocycles. The van der Waals surface area contributed by atoms with E-state index in [4.69, 9.17) is 4.98 Å². The Hall–Kier alpha value is -3.00. The molecule has 3 aromatic rings. The molecule has 2 nitrogen and oxygen atoms in total. The standard InChI is InChI=1S/C29H27F5N2S/c1-27(31)17-21(15-22(18-27)29(32,33)34)28(16-19-7-3-2-4-8-19,20-11-13-23(30)14-12-20)36-26-35-24-9-5-6-10-25(24)37-26/h2-4,7-8,11-15,17H,5-6,9-10,16,18H2,1H3,(H,35,36)/t27-,28-/m0/s1. The van der Waals surface area contributed by atoms with Crippen LogP contribution in [0.15, 0.2) is 77.9 Å². The normalized spacial score (nSPS) is 21.5. The van der Waals surface area contributed by atoms with Gasteiger partial charge in [0.25, 0.3) is 0 Å². The molecule has 0 radical (unpaired) electrons. The molecule has 2 aliphatic carbocycles. The highest BCUT2D eigenvalue weighted by molar-refractivity contribution is 7.15. The first-order chi connectivity index (χ1) is 17.5. The van der Waals surface area contributed by atoms with Crippen LogP contribution in [-0.2, 0) is 24.8 Å². The quantitative estimate of drug-likeness (QED) is 0.325. The largest absolute Gasteiger partial charge is 0.412 e. The van der Waals surface area contributed by atoms with Gasteiger partial charge >= 0.3 is 6.18 Å². The van der Waals surface area contributed by atoms with Gasteiger partial charge in [0, 0.05) is 23.3 Å². The number of allylic oxidation sites excluding steroid dienone is 2. The number of thiazole rings is 1. The number of aryl methyl sites for hydroxylation is 2. The number of alkyl halides is 4. The fourth-order valence-electron chi connectivity index (χ4n) is 5.24. The minimum Gasteiger partial charge on any atom is -0.348 e. The van der Waals surface area contributed by atoms with Gasteiger partial charge in [0.05, 0.1) is 11.2 Å². The van der Waals surface area contributed by atoms with Crippen molar-refractivity contribution in [3.05, 3.63) is 105 Å². The maximum absolute atomic E-state index is 15.6. The summed E-state index contributed by atoms with van der Waals surface area (Å²) < 4.78 is 71.5. The van der Waals surface area contributed by atoms with Crippen molar-refractivity contribution in [1.82, 2.24) is 4.98 Å². The van der Waals surface area contributed by atoms with Crippen LogP contribution in [0.5, 0.6) is 0 Å². The third-order valence-corrected chi connectivity index (χ3v) is 8.07. The average Bonchev–Trinajstić information content (AvgIpc) is 3.25. The molecular weight excluding hydrogens is 503 g/mol. The summed E-state index contributed by atoms with van der Waals surface area (Å²) in [6.07, 6.45) is 0.914. The van der Waals surface area contributed by atoms with E-state index in [9.17, 15) is 17.6 Å². The van der Waals surface area contributed by atoms with E-state index >= 15 is 4.39 Å². The molecule has 194 valence electrons. The Morgan fingerprint density at radius 3 is 2.38 bits per heavy atom. The average molecular weight is 531 g/mol. The Labute approximate surface area is 217 Å². The van der Waals surface area contributed by atoms with E-state index in [2.05, 4.69) is 5.32 Å². The lowest BCUT2D eigenvalue weighted by atomic mass is 9.73. The summed E-state index contributed by atoms with van der Waals surface area (Å²) >= 11 is 1.48. The lowest BCUT2D eigenvalue weighted by Gasteiger charge is -2.40. The van der Waals surface area contributed by atoms with E-state index in [1.165, 1.54) is 29.5 Å². The van der Waals surface area contributed by atoms with Crippen molar-refractivity contribution in [2.24, 2.45) is 0 Å². The number of hydrogen-bond acceptors (Lipinski definition) is 3. The summed E-state index contributed by atoms with van der Waals surface area (Å²) in [7, 11) is 0. The number of nitrogens with zero attached hydrogens (tertiary/aromatic N) is 1. The number of aromatic nitrogens is 1. The van der Waals surface area contributed by atoms with E-state index in [0.717, 1.165) is 54.8 Å². The van der Waals surface area contributed by atoms with Crippen molar-refractivity contribution in [2.45, 2.75) is 62.8 Å². The summed E-state index contributed by atoms with van der Waals surface area (Å²) in [5.41, 5.74) is -2.01. The van der Waals surface area contributed by atoms with Gasteiger partial charge in [0.1, 0.15) is 11.5 Å². The molecule has 0 amide bonds. The second-order valence-electron chi connectivity index (χ2n) is 10.0. The molecule has 0 unspecified atom stereocenters. The van der Waals surface area contributed by atoms with E-state index in [1.54, 1.807) is 12.1 Å². The first-order valence-electron chi connectivity index (χ1n) is 12.3. The Kier molecular flexibility index (Phi) is 6.73. The molecule has 1 heterocycles. The smallest absolute Gasteiger partial charge is 0.348 e. The number of fused-ring (bicyclic) bond motifs is 1. The van der Waals surface area contributed by atoms with E-state index in [0.29, 0.717) is 10.7 Å². The highest BCUT2D eigenvalue weighted by atomic mass is 32.1. The Morgan fingerprint density at radius 2 is 1.70 bits per heavy atom. The third kappa shape index (κ3) is 5.49. The van der Waals surface area contributed by atoms with E-state index in [1.807, 2.05) is 30.3 Å². The molecule has 1 N–H and O–H groups in total. The van der Waals surface area contributed by atoms with E-state index in [-0.39, 0.29) is 12.0 Å². The summed E-state index contributed by atoms with van der Waals surface area (Å²) in [5, 5.41) is 4.01. The molecule has 1 aromatic heterocycles. The highest BCUT2D eigenvalue weighted by Gasteiger charge is 2.46. The van der Waals surface area contributed by atoms with Gasteiger partial charge < -0.3 is 5.32 Å². The maximum Gasteiger partial charge on any atom is 0.412 e. The number of nitrogens with one attached hydrogen (secondary N) is 1. The van der Waals surface area contributed by atoms with Crippen LogP contribution in [0.25, 0.3) is 0 Å². The minimum absolute atomic E-state index is 0.139. The molecular formula is C29H27F5N2S. The van der Waals surface area contributed by atoms with Crippen LogP contribution in [0.3, 0.4) is 0 Å². The first-order valence-corrected chi connectivity index (χ1v) is 13.1. The highest BCUT2D eigenvalue weighted by Crippen LogP contribution is 2.47. The summed E-state index contributed by atoms with van der Waals surface area (Å²) in [4.78, 5) is 5.94. The number of hydrogen-bond donors (Lipinski definition) is 1. The van der Waals surface area contributed by atoms with Crippen molar-refractivity contribution in [3.63, 3.8) is 0 Å². The van der Waals surface area contributed by atoms with Crippen LogP contribution in [0.4, 0.5) is 27.1 Å². The lowest BCUT2D eigenvalue weighted by molar-refractivity contribution is -0.0974. The molecule has 0 saturated carbocycles. The van der Waals surface area contributed by atoms with Crippen LogP contribution in [0.2, 0.25) is 0 Å². The van der Waals surface area contributed by atoms with Gasteiger partial charge in [0.2, 0.25) is 0 Å². The monoisotopic (exact) mass is 530 g/mol. The predicted octanol–water partition coefficient (Wildman–Crippen LogP) is 8.26. The lowest BCUT2D eigenvalue weighted by Crippen LogP contribution is -2.42. The van der Waals surface area contributed by atoms with Crippen molar-refractivity contribution in [2.75, 3.05) is 5.32 Å². The van der Waals surface area contributed by atoms with Crippen LogP contribution in [0.1, 0.15) is 47.9 Å². The zero-order chi connectivity index (χ0) is 26.3. The number of rotatable bonds is 6. The van der Waals surface area contributed by atoms with E-state index < -0.39 is 35.2 Å². The zero-order valence-electron chi connectivity index (χ0n) is 20.3. The molecule has 0 fully saturated rings. The van der Waals surface area contributed by atoms with Crippen molar-refractivity contribution >= 4 is 16.5 Å². The molecule has 5 rings (SSSR count). The Bertz CT molecular complexity index is 1300. The summed E-state index contributed by atoms with van der Waals surface area (Å²) in [5.74, 6) is -0.471. The van der Waals surface area contributed by atoms with Gasteiger partial charge in [-0.15, -0.1) is 11.3 Å². The minimum atomic E-state index is -4.69. The van der Waals surface area contributed by atoms with Gasteiger partial charge in [0.15, 0.2) is 5.13 Å². The third-order valence-electron chi connectivity index (χ3n) is 6.99. The Balaban J connectivity index is 1.74. The summed E-state index contributed by atoms with van der Waals surface area (Å²) in [6.45, 7) is 1.16. The number of anilines is 1. The second kappa shape index (κ2) is 9.71. The molecule has 37 heavy (non-hydrogen) atoms. The van der Waals surface area contributed by atoms with Crippen LogP contribution >= 0.6 is 11.3 Å². The van der Waals surface area contributed by atoms with Gasteiger partial charge in [-0.25, -0.2) is 13.8 Å². The van der Waals surface area contributed by atoms with Crippen molar-refractivity contribution < 1.29 is 22.0 Å². The van der Waals surface area contributed by atoms with Crippen molar-refractivity contribution in [3.8, 4) is 0 Å². The second-order valence-corrected chi connectivity index (χ2v) is 11.1. The van der Waals surface area contributed by atoms with Gasteiger partial charge in [-0.3, -0.25) is 0 Å². The summed E-state index contributed by atoms with van der Waals surface area (Å²) in [6, 6.07) is 14.9. The number of benzene rings is 2. The predicted molar refractivity (Wildman–Crippen MR) is 137 cm³/mol. The maximum atomic E-state index is 15.6. The molecule has 2 aliphatic rings. The topological polar surface area (TPSA) is 24.9 Å². The molecule has 2 aromatic carbocycles. The molecule has 0 saturated heterocycles. The Morgan fingerprint density at radius 1 is 1.00 bits per heavy atom. The van der Waals surface area contributed by atoms with Gasteiger partial charge in [-0.2, -0.15) is 13.2 Å². The van der Waals surface area contributed by atoms with Gasteiger partial charge in [-0.05, 0) is 73.6 Å². The fourth-order valence-corrected chi connectivity index (χ4v) is 6.37. The van der Waals surface area contributed by atoms with Gasteiger partial charge in [-0.1, -0.05) is 42.5 Å². The zero-order valence-corrected chi connectivity index (χ0v) is 21.2. The van der Waals surface area contributed by atoms with Crippen LogP contribution in [-0.4, -0.2) is 16.8 Å². The molecule has 0 spiro atoms. The van der Waals surface area contributed by atoms with Crippen LogP contribution in [0, 0.1) is 5.82 Å². The number of halogens is 5. The molecule has 8 heteroatoms. The van der Waals surface area contributed by atoms with Crippen molar-refractivity contribution in [1.29, 1.82) is 0 Å².